The van der Waals surface area contributed by atoms with Crippen molar-refractivity contribution in [1.82, 2.24) is 16.2 Å². The summed E-state index contributed by atoms with van der Waals surface area (Å²) in [5, 5.41) is 2.80. The van der Waals surface area contributed by atoms with Crippen molar-refractivity contribution in [2.45, 2.75) is 104 Å². The van der Waals surface area contributed by atoms with Crippen molar-refractivity contribution in [2.75, 3.05) is 0 Å². The van der Waals surface area contributed by atoms with Crippen LogP contribution >= 0.6 is 0 Å². The molecule has 9 heteroatoms. The molecule has 29 heavy (non-hydrogen) atoms. The zero-order chi connectivity index (χ0) is 22.6. The minimum absolute atomic E-state index is 0.00110. The number of nitrogens with one attached hydrogen (secondary N) is 3. The normalized spacial score (nSPS) is 20.9. The molecule has 1 atom stereocenters. The van der Waals surface area contributed by atoms with Gasteiger partial charge in [0.25, 0.3) is 5.91 Å². The first-order chi connectivity index (χ1) is 13.0. The summed E-state index contributed by atoms with van der Waals surface area (Å²) in [4.78, 5) is 36.0. The van der Waals surface area contributed by atoms with Crippen LogP contribution < -0.4 is 16.2 Å². The van der Waals surface area contributed by atoms with E-state index >= 15 is 0 Å². The lowest BCUT2D eigenvalue weighted by Gasteiger charge is -2.38. The van der Waals surface area contributed by atoms with Gasteiger partial charge in [0.05, 0.1) is 0 Å². The summed E-state index contributed by atoms with van der Waals surface area (Å²) in [6.45, 7) is 17.6. The molecule has 1 saturated carbocycles. The van der Waals surface area contributed by atoms with Gasteiger partial charge in [-0.1, -0.05) is 20.8 Å². The summed E-state index contributed by atoms with van der Waals surface area (Å²) in [6.07, 6.45) is 0.650. The van der Waals surface area contributed by atoms with E-state index in [-0.39, 0.29) is 28.8 Å². The average Bonchev–Trinajstić information content (AvgIpc) is 2.46. The third-order valence-corrected chi connectivity index (χ3v) is 9.96. The van der Waals surface area contributed by atoms with Gasteiger partial charge < -0.3 is 14.5 Å². The van der Waals surface area contributed by atoms with Crippen molar-refractivity contribution < 1.29 is 23.5 Å². The summed E-state index contributed by atoms with van der Waals surface area (Å²) >= 11 is 0. The Morgan fingerprint density at radius 2 is 1.59 bits per heavy atom. The van der Waals surface area contributed by atoms with E-state index in [0.29, 0.717) is 19.3 Å². The van der Waals surface area contributed by atoms with Gasteiger partial charge in [-0.2, -0.15) is 0 Å². The highest BCUT2D eigenvalue weighted by Crippen LogP contribution is 2.37. The van der Waals surface area contributed by atoms with Crippen molar-refractivity contribution in [1.29, 1.82) is 0 Å². The third-order valence-electron chi connectivity index (χ3n) is 5.40. The monoisotopic (exact) mass is 429 g/mol. The minimum atomic E-state index is -2.06. The number of ether oxygens (including phenoxy) is 1. The highest BCUT2D eigenvalue weighted by atomic mass is 28.4. The highest BCUT2D eigenvalue weighted by Gasteiger charge is 2.39. The maximum atomic E-state index is 12.2. The number of amides is 3. The van der Waals surface area contributed by atoms with Crippen LogP contribution in [0.1, 0.15) is 67.7 Å². The molecule has 3 N–H and O–H groups in total. The third kappa shape index (κ3) is 8.73. The highest BCUT2D eigenvalue weighted by molar-refractivity contribution is 6.74. The molecular weight excluding hydrogens is 390 g/mol. The fourth-order valence-corrected chi connectivity index (χ4v) is 4.06. The van der Waals surface area contributed by atoms with Gasteiger partial charge in [0.1, 0.15) is 11.7 Å². The molecular formula is C20H39N3O5Si. The molecule has 0 aliphatic heterocycles. The molecule has 1 fully saturated rings. The van der Waals surface area contributed by atoms with Crippen LogP contribution in [0.4, 0.5) is 4.79 Å². The van der Waals surface area contributed by atoms with Gasteiger partial charge in [0.15, 0.2) is 8.32 Å². The summed E-state index contributed by atoms with van der Waals surface area (Å²) in [5.41, 5.74) is 4.38. The van der Waals surface area contributed by atoms with E-state index in [4.69, 9.17) is 9.16 Å². The fourth-order valence-electron chi connectivity index (χ4n) is 2.71. The van der Waals surface area contributed by atoms with Crippen LogP contribution in [0.3, 0.4) is 0 Å². The first-order valence-corrected chi connectivity index (χ1v) is 13.2. The molecule has 0 aromatic rings. The van der Waals surface area contributed by atoms with Crippen LogP contribution in [-0.4, -0.2) is 44.0 Å². The molecule has 8 nitrogen and oxygen atoms in total. The van der Waals surface area contributed by atoms with E-state index in [1.54, 1.807) is 6.92 Å². The minimum Gasteiger partial charge on any atom is -0.444 e. The zero-order valence-corrected chi connectivity index (χ0v) is 20.4. The van der Waals surface area contributed by atoms with E-state index in [1.165, 1.54) is 0 Å². The van der Waals surface area contributed by atoms with E-state index in [2.05, 4.69) is 50.0 Å². The van der Waals surface area contributed by atoms with Gasteiger partial charge in [0.2, 0.25) is 5.91 Å². The number of alkyl carbamates (subject to hydrolysis) is 1. The Balaban J connectivity index is 2.28. The SMILES string of the molecule is CC(O[Si](C)(C)C(C)(C)C)C(=O)NNC(=O)CC1CC(NC(=O)OC(C)(C)C)C1. The molecule has 0 saturated heterocycles. The molecule has 0 bridgehead atoms. The molecule has 1 unspecified atom stereocenters. The molecule has 0 spiro atoms. The molecule has 1 rings (SSSR count). The molecule has 0 radical (unpaired) electrons. The Hall–Kier alpha value is -1.61. The lowest BCUT2D eigenvalue weighted by atomic mass is 9.78. The predicted octanol–water partition coefficient (Wildman–Crippen LogP) is 3.24. The number of hydrogen-bond acceptors (Lipinski definition) is 5. The lowest BCUT2D eigenvalue weighted by molar-refractivity contribution is -0.133. The number of carbonyl (C=O) groups excluding carboxylic acids is 3. The van der Waals surface area contributed by atoms with Gasteiger partial charge in [-0.25, -0.2) is 4.79 Å². The van der Waals surface area contributed by atoms with Crippen molar-refractivity contribution >= 4 is 26.2 Å². The number of hydrogen-bond donors (Lipinski definition) is 3. The molecule has 0 heterocycles. The van der Waals surface area contributed by atoms with E-state index in [9.17, 15) is 14.4 Å². The first-order valence-electron chi connectivity index (χ1n) is 10.3. The lowest BCUT2D eigenvalue weighted by Crippen LogP contribution is -2.52. The maximum Gasteiger partial charge on any atom is 0.407 e. The predicted molar refractivity (Wildman–Crippen MR) is 115 cm³/mol. The summed E-state index contributed by atoms with van der Waals surface area (Å²) < 4.78 is 11.2. The summed E-state index contributed by atoms with van der Waals surface area (Å²) in [7, 11) is -2.06. The Kier molecular flexibility index (Phi) is 8.30. The van der Waals surface area contributed by atoms with Crippen LogP contribution in [0.25, 0.3) is 0 Å². The van der Waals surface area contributed by atoms with Crippen molar-refractivity contribution in [3.05, 3.63) is 0 Å². The molecule has 168 valence electrons. The summed E-state index contributed by atoms with van der Waals surface area (Å²) in [5.74, 6) is -0.437. The zero-order valence-electron chi connectivity index (χ0n) is 19.4. The van der Waals surface area contributed by atoms with Crippen molar-refractivity contribution in [2.24, 2.45) is 5.92 Å². The second kappa shape index (κ2) is 9.47. The number of rotatable bonds is 6. The van der Waals surface area contributed by atoms with E-state index in [0.717, 1.165) is 0 Å². The standard InChI is InChI=1S/C20H39N3O5Si/c1-13(28-29(8,9)20(5,6)7)17(25)23-22-16(24)12-14-10-15(11-14)21-18(26)27-19(2,3)4/h13-15H,10-12H2,1-9H3,(H,21,26)(H,22,24)(H,23,25). The summed E-state index contributed by atoms with van der Waals surface area (Å²) in [6, 6.07) is 0.0234. The molecule has 3 amide bonds. The van der Waals surface area contributed by atoms with Gasteiger partial charge in [-0.15, -0.1) is 0 Å². The first kappa shape index (κ1) is 25.4. The molecule has 0 aromatic heterocycles. The molecule has 0 aromatic carbocycles. The van der Waals surface area contributed by atoms with Crippen LogP contribution in [-0.2, 0) is 18.8 Å². The Morgan fingerprint density at radius 1 is 1.03 bits per heavy atom. The largest absolute Gasteiger partial charge is 0.444 e. The number of carbonyl (C=O) groups is 3. The van der Waals surface area contributed by atoms with E-state index in [1.807, 2.05) is 20.8 Å². The van der Waals surface area contributed by atoms with Gasteiger partial charge in [-0.3, -0.25) is 20.4 Å². The van der Waals surface area contributed by atoms with Crippen molar-refractivity contribution in [3.63, 3.8) is 0 Å². The van der Waals surface area contributed by atoms with Crippen LogP contribution in [0.2, 0.25) is 18.1 Å². The average molecular weight is 430 g/mol. The van der Waals surface area contributed by atoms with Crippen molar-refractivity contribution in [3.8, 4) is 0 Å². The van der Waals surface area contributed by atoms with Crippen LogP contribution in [0, 0.1) is 5.92 Å². The second-order valence-electron chi connectivity index (χ2n) is 10.4. The number of hydrazine groups is 1. The second-order valence-corrected chi connectivity index (χ2v) is 15.2. The molecule has 1 aliphatic carbocycles. The van der Waals surface area contributed by atoms with Crippen LogP contribution in [0.5, 0.6) is 0 Å². The molecule has 1 aliphatic rings. The Morgan fingerprint density at radius 3 is 2.07 bits per heavy atom. The topological polar surface area (TPSA) is 106 Å². The van der Waals surface area contributed by atoms with Crippen LogP contribution in [0.15, 0.2) is 0 Å². The quantitative estimate of drug-likeness (QED) is 0.444. The Labute approximate surface area is 176 Å². The van der Waals surface area contributed by atoms with E-state index < -0.39 is 26.1 Å². The van der Waals surface area contributed by atoms with Gasteiger partial charge in [-0.05, 0) is 64.6 Å². The van der Waals surface area contributed by atoms with Gasteiger partial charge >= 0.3 is 6.09 Å². The van der Waals surface area contributed by atoms with Gasteiger partial charge in [0, 0.05) is 12.5 Å². The maximum absolute atomic E-state index is 12.2. The smallest absolute Gasteiger partial charge is 0.407 e. The fraction of sp³-hybridized carbons (Fsp3) is 0.850. The Bertz CT molecular complexity index is 604.